The van der Waals surface area contributed by atoms with E-state index in [0.717, 1.165) is 30.4 Å². The van der Waals surface area contributed by atoms with Crippen molar-refractivity contribution in [1.29, 1.82) is 0 Å². The van der Waals surface area contributed by atoms with Crippen LogP contribution < -0.4 is 5.32 Å². The molecular formula is C29H35ClFN5O2. The first-order valence-corrected chi connectivity index (χ1v) is 13.5. The molecule has 202 valence electrons. The first kappa shape index (κ1) is 27.8. The fraction of sp³-hybridized carbons (Fsp3) is 0.448. The van der Waals surface area contributed by atoms with Gasteiger partial charge in [0, 0.05) is 32.3 Å². The molecule has 38 heavy (non-hydrogen) atoms. The summed E-state index contributed by atoms with van der Waals surface area (Å²) in [7, 11) is 0. The molecule has 1 aliphatic heterocycles. The number of likely N-dealkylation sites (tertiary alicyclic amines) is 1. The van der Waals surface area contributed by atoms with Gasteiger partial charge in [0.1, 0.15) is 17.3 Å². The van der Waals surface area contributed by atoms with Crippen LogP contribution in [-0.2, 0) is 17.8 Å². The van der Waals surface area contributed by atoms with Crippen LogP contribution in [0, 0.1) is 18.7 Å². The zero-order chi connectivity index (χ0) is 27.4. The van der Waals surface area contributed by atoms with Crippen molar-refractivity contribution in [2.45, 2.75) is 71.9 Å². The zero-order valence-corrected chi connectivity index (χ0v) is 23.1. The Kier molecular flexibility index (Phi) is 8.82. The number of aryl methyl sites for hydroxylation is 1. The molecule has 1 aliphatic rings. The Morgan fingerprint density at radius 1 is 1.21 bits per heavy atom. The van der Waals surface area contributed by atoms with Gasteiger partial charge in [-0.1, -0.05) is 42.8 Å². The number of hydrogen-bond acceptors (Lipinski definition) is 4. The monoisotopic (exact) mass is 539 g/mol. The van der Waals surface area contributed by atoms with E-state index in [0.29, 0.717) is 36.6 Å². The lowest BCUT2D eigenvalue weighted by atomic mass is 9.94. The van der Waals surface area contributed by atoms with E-state index in [1.165, 1.54) is 12.3 Å². The number of anilines is 1. The van der Waals surface area contributed by atoms with Crippen LogP contribution in [0.2, 0.25) is 5.02 Å². The van der Waals surface area contributed by atoms with E-state index in [9.17, 15) is 14.0 Å². The third kappa shape index (κ3) is 6.41. The normalized spacial score (nSPS) is 18.6. The highest BCUT2D eigenvalue weighted by molar-refractivity contribution is 6.34. The lowest BCUT2D eigenvalue weighted by Gasteiger charge is -2.25. The number of amides is 2. The van der Waals surface area contributed by atoms with Crippen molar-refractivity contribution >= 4 is 29.2 Å². The average molecular weight is 540 g/mol. The predicted molar refractivity (Wildman–Crippen MR) is 147 cm³/mol. The van der Waals surface area contributed by atoms with Gasteiger partial charge >= 0.3 is 0 Å². The largest absolute Gasteiger partial charge is 0.340 e. The van der Waals surface area contributed by atoms with Gasteiger partial charge in [0.25, 0.3) is 5.91 Å². The molecule has 0 aliphatic carbocycles. The Morgan fingerprint density at radius 3 is 2.68 bits per heavy atom. The summed E-state index contributed by atoms with van der Waals surface area (Å²) in [5.74, 6) is 0.287. The summed E-state index contributed by atoms with van der Waals surface area (Å²) < 4.78 is 15.8. The minimum atomic E-state index is -0.373. The molecule has 7 nitrogen and oxygen atoms in total. The molecule has 3 heterocycles. The van der Waals surface area contributed by atoms with Crippen LogP contribution in [0.15, 0.2) is 42.7 Å². The standard InChI is InChI=1S/C29H35ClFN5O2/c1-18(13-23-7-5-6-8-26(23)31)24-14-19(2)28(32-15-24)34-29(38)27-25(30)16-33-36(27)17-22-10-9-20(3)35(12-11-22)21(4)37/h5-8,14-16,18,20,22H,9-13,17H2,1-4H3,(H,32,34,38). The number of pyridine rings is 1. The number of hydrogen-bond donors (Lipinski definition) is 1. The predicted octanol–water partition coefficient (Wildman–Crippen LogP) is 6.01. The van der Waals surface area contributed by atoms with Gasteiger partial charge in [0.05, 0.1) is 11.2 Å². The molecule has 1 saturated heterocycles. The number of carbonyl (C=O) groups is 2. The number of carbonyl (C=O) groups excluding carboxylic acids is 2. The highest BCUT2D eigenvalue weighted by Gasteiger charge is 2.26. The van der Waals surface area contributed by atoms with E-state index < -0.39 is 0 Å². The third-order valence-electron chi connectivity index (χ3n) is 7.53. The van der Waals surface area contributed by atoms with Crippen molar-refractivity contribution in [1.82, 2.24) is 19.7 Å². The number of benzene rings is 1. The van der Waals surface area contributed by atoms with E-state index in [4.69, 9.17) is 11.6 Å². The minimum Gasteiger partial charge on any atom is -0.340 e. The van der Waals surface area contributed by atoms with Gasteiger partial charge in [-0.05, 0) is 74.1 Å². The smallest absolute Gasteiger partial charge is 0.276 e. The molecule has 9 heteroatoms. The Balaban J connectivity index is 1.44. The van der Waals surface area contributed by atoms with E-state index >= 15 is 0 Å². The van der Waals surface area contributed by atoms with Crippen LogP contribution in [0.1, 0.15) is 73.1 Å². The van der Waals surface area contributed by atoms with Crippen LogP contribution in [-0.4, -0.2) is 44.1 Å². The molecule has 1 fully saturated rings. The van der Waals surface area contributed by atoms with Crippen LogP contribution in [0.4, 0.5) is 10.2 Å². The number of nitrogens with one attached hydrogen (secondary N) is 1. The molecule has 1 aromatic carbocycles. The summed E-state index contributed by atoms with van der Waals surface area (Å²) in [6.45, 7) is 8.85. The van der Waals surface area contributed by atoms with E-state index in [2.05, 4.69) is 22.3 Å². The summed E-state index contributed by atoms with van der Waals surface area (Å²) in [4.78, 5) is 31.6. The first-order chi connectivity index (χ1) is 18.1. The van der Waals surface area contributed by atoms with Gasteiger partial charge in [-0.15, -0.1) is 0 Å². The molecule has 2 amide bonds. The van der Waals surface area contributed by atoms with Crippen molar-refractivity contribution in [2.24, 2.45) is 5.92 Å². The maximum Gasteiger partial charge on any atom is 0.276 e. The lowest BCUT2D eigenvalue weighted by Crippen LogP contribution is -2.36. The Bertz CT molecular complexity index is 1310. The molecule has 3 unspecified atom stereocenters. The molecular weight excluding hydrogens is 505 g/mol. The second kappa shape index (κ2) is 12.1. The van der Waals surface area contributed by atoms with Crippen LogP contribution >= 0.6 is 11.6 Å². The minimum absolute atomic E-state index is 0.0555. The Hall–Kier alpha value is -3.26. The molecule has 0 saturated carbocycles. The lowest BCUT2D eigenvalue weighted by molar-refractivity contribution is -0.130. The molecule has 4 rings (SSSR count). The third-order valence-corrected chi connectivity index (χ3v) is 7.81. The molecule has 3 aromatic rings. The molecule has 0 bridgehead atoms. The topological polar surface area (TPSA) is 80.1 Å². The number of rotatable bonds is 7. The van der Waals surface area contributed by atoms with Gasteiger partial charge in [-0.3, -0.25) is 14.3 Å². The summed E-state index contributed by atoms with van der Waals surface area (Å²) in [5, 5.41) is 7.54. The molecule has 2 aromatic heterocycles. The van der Waals surface area contributed by atoms with E-state index in [1.807, 2.05) is 30.9 Å². The van der Waals surface area contributed by atoms with Crippen molar-refractivity contribution in [3.05, 3.63) is 75.9 Å². The first-order valence-electron chi connectivity index (χ1n) is 13.1. The second-order valence-electron chi connectivity index (χ2n) is 10.4. The molecule has 3 atom stereocenters. The zero-order valence-electron chi connectivity index (χ0n) is 22.4. The van der Waals surface area contributed by atoms with Crippen molar-refractivity contribution in [3.63, 3.8) is 0 Å². The van der Waals surface area contributed by atoms with Gasteiger partial charge in [0.15, 0.2) is 0 Å². The highest BCUT2D eigenvalue weighted by Crippen LogP contribution is 2.27. The summed E-state index contributed by atoms with van der Waals surface area (Å²) in [6.07, 6.45) is 6.46. The Morgan fingerprint density at radius 2 is 1.97 bits per heavy atom. The molecule has 0 spiro atoms. The average Bonchev–Trinajstić information content (AvgIpc) is 3.13. The number of nitrogens with zero attached hydrogens (tertiary/aromatic N) is 4. The maximum atomic E-state index is 14.1. The quantitative estimate of drug-likeness (QED) is 0.398. The fourth-order valence-corrected chi connectivity index (χ4v) is 5.44. The SMILES string of the molecule is CC(=O)N1CCC(Cn2ncc(Cl)c2C(=O)Nc2ncc(C(C)Cc3ccccc3F)cc2C)CCC1C. The van der Waals surface area contributed by atoms with Gasteiger partial charge < -0.3 is 10.2 Å². The van der Waals surface area contributed by atoms with Gasteiger partial charge in [0.2, 0.25) is 5.91 Å². The van der Waals surface area contributed by atoms with E-state index in [-0.39, 0.29) is 40.5 Å². The van der Waals surface area contributed by atoms with Crippen LogP contribution in [0.3, 0.4) is 0 Å². The van der Waals surface area contributed by atoms with Crippen molar-refractivity contribution in [3.8, 4) is 0 Å². The summed E-state index contributed by atoms with van der Waals surface area (Å²) >= 11 is 6.39. The summed E-state index contributed by atoms with van der Waals surface area (Å²) in [6, 6.07) is 8.96. The molecule has 0 radical (unpaired) electrons. The van der Waals surface area contributed by atoms with Crippen molar-refractivity contribution < 1.29 is 14.0 Å². The van der Waals surface area contributed by atoms with Crippen molar-refractivity contribution in [2.75, 3.05) is 11.9 Å². The Labute approximate surface area is 228 Å². The van der Waals surface area contributed by atoms with Gasteiger partial charge in [-0.25, -0.2) is 9.37 Å². The summed E-state index contributed by atoms with van der Waals surface area (Å²) in [5.41, 5.74) is 2.73. The van der Waals surface area contributed by atoms with Gasteiger partial charge in [-0.2, -0.15) is 5.10 Å². The van der Waals surface area contributed by atoms with Crippen LogP contribution in [0.5, 0.6) is 0 Å². The number of aromatic nitrogens is 3. The fourth-order valence-electron chi connectivity index (χ4n) is 5.22. The molecule has 1 N–H and O–H groups in total. The highest BCUT2D eigenvalue weighted by atomic mass is 35.5. The van der Waals surface area contributed by atoms with Crippen LogP contribution in [0.25, 0.3) is 0 Å². The number of halogens is 2. The van der Waals surface area contributed by atoms with E-state index in [1.54, 1.807) is 29.9 Å². The maximum absolute atomic E-state index is 14.1. The second-order valence-corrected chi connectivity index (χ2v) is 10.8.